The van der Waals surface area contributed by atoms with Gasteiger partial charge in [-0.1, -0.05) is 87.8 Å². The summed E-state index contributed by atoms with van der Waals surface area (Å²) < 4.78 is 0. The molecule has 2 aliphatic rings. The summed E-state index contributed by atoms with van der Waals surface area (Å²) in [7, 11) is 0. The SMILES string of the molecule is CC(C)CCC(C(=O)C(C)(C)C)N1C(=O)c2ccccc2C1=O.CC(C)CCC1CC1C(=O)C(C)(C)C. The topological polar surface area (TPSA) is 71.5 Å². The van der Waals surface area contributed by atoms with Crippen LogP contribution in [0.25, 0.3) is 0 Å². The quantitative estimate of drug-likeness (QED) is 0.324. The van der Waals surface area contributed by atoms with Gasteiger partial charge in [0.05, 0.1) is 17.2 Å². The molecule has 1 aromatic rings. The van der Waals surface area contributed by atoms with E-state index in [-0.39, 0.29) is 23.0 Å². The zero-order chi connectivity index (χ0) is 28.3. The fraction of sp³-hybridized carbons (Fsp3) is 0.688. The van der Waals surface area contributed by atoms with Crippen molar-refractivity contribution in [1.29, 1.82) is 0 Å². The Labute approximate surface area is 224 Å². The van der Waals surface area contributed by atoms with Gasteiger partial charge in [0, 0.05) is 16.7 Å². The van der Waals surface area contributed by atoms with Gasteiger partial charge in [0.2, 0.25) is 0 Å². The van der Waals surface area contributed by atoms with Crippen molar-refractivity contribution in [3.05, 3.63) is 35.4 Å². The first-order chi connectivity index (χ1) is 17.0. The molecule has 5 nitrogen and oxygen atoms in total. The molecule has 1 heterocycles. The third-order valence-electron chi connectivity index (χ3n) is 7.31. The van der Waals surface area contributed by atoms with Crippen LogP contribution in [0.4, 0.5) is 0 Å². The molecule has 3 unspecified atom stereocenters. The molecule has 37 heavy (non-hydrogen) atoms. The minimum atomic E-state index is -0.690. The van der Waals surface area contributed by atoms with Crippen LogP contribution in [0, 0.1) is 34.5 Å². The van der Waals surface area contributed by atoms with Crippen LogP contribution in [-0.4, -0.2) is 34.3 Å². The zero-order valence-electron chi connectivity index (χ0n) is 24.8. The molecule has 1 aromatic carbocycles. The van der Waals surface area contributed by atoms with Crippen molar-refractivity contribution in [3.63, 3.8) is 0 Å². The lowest BCUT2D eigenvalue weighted by molar-refractivity contribution is -0.130. The smallest absolute Gasteiger partial charge is 0.262 e. The Kier molecular flexibility index (Phi) is 10.1. The van der Waals surface area contributed by atoms with Crippen LogP contribution >= 0.6 is 0 Å². The molecule has 206 valence electrons. The molecule has 5 heteroatoms. The van der Waals surface area contributed by atoms with E-state index in [0.29, 0.717) is 41.1 Å². The number of Topliss-reactive ketones (excluding diaryl/α,β-unsaturated/α-hetero) is 2. The van der Waals surface area contributed by atoms with Gasteiger partial charge in [0.1, 0.15) is 5.78 Å². The largest absolute Gasteiger partial charge is 0.299 e. The standard InChI is InChI=1S/C19H25NO3.C13H24O/c1-12(2)10-11-15(16(21)19(3,4)5)20-17(22)13-8-6-7-9-14(13)18(20)23;1-9(2)6-7-10-8-11(10)12(14)13(3,4)5/h6-9,12,15H,10-11H2,1-5H3;9-11H,6-8H2,1-5H3. The Hall–Kier alpha value is -2.30. The Morgan fingerprint density at radius 1 is 0.811 bits per heavy atom. The predicted molar refractivity (Wildman–Crippen MR) is 149 cm³/mol. The van der Waals surface area contributed by atoms with E-state index in [1.54, 1.807) is 24.3 Å². The van der Waals surface area contributed by atoms with Crippen molar-refractivity contribution in [2.45, 2.75) is 107 Å². The predicted octanol–water partition coefficient (Wildman–Crippen LogP) is 7.38. The molecule has 0 aromatic heterocycles. The summed E-state index contributed by atoms with van der Waals surface area (Å²) in [6, 6.07) is 6.09. The first kappa shape index (κ1) is 30.9. The van der Waals surface area contributed by atoms with Crippen molar-refractivity contribution in [2.75, 3.05) is 0 Å². The number of hydrogen-bond acceptors (Lipinski definition) is 4. The van der Waals surface area contributed by atoms with Crippen LogP contribution in [0.5, 0.6) is 0 Å². The van der Waals surface area contributed by atoms with Crippen LogP contribution < -0.4 is 0 Å². The van der Waals surface area contributed by atoms with E-state index in [9.17, 15) is 19.2 Å². The molecule has 1 aliphatic carbocycles. The lowest BCUT2D eigenvalue weighted by Crippen LogP contribution is -2.48. The second-order valence-corrected chi connectivity index (χ2v) is 13.8. The Bertz CT molecular complexity index is 958. The van der Waals surface area contributed by atoms with Crippen molar-refractivity contribution in [1.82, 2.24) is 4.90 Å². The molecule has 1 fully saturated rings. The van der Waals surface area contributed by atoms with Gasteiger partial charge in [-0.3, -0.25) is 24.1 Å². The first-order valence-electron chi connectivity index (χ1n) is 14.0. The average molecular weight is 512 g/mol. The molecule has 0 radical (unpaired) electrons. The number of imide groups is 1. The van der Waals surface area contributed by atoms with Gasteiger partial charge in [-0.25, -0.2) is 0 Å². The number of amides is 2. The second-order valence-electron chi connectivity index (χ2n) is 13.8. The van der Waals surface area contributed by atoms with E-state index in [0.717, 1.165) is 18.8 Å². The number of rotatable bonds is 9. The highest BCUT2D eigenvalue weighted by Gasteiger charge is 2.46. The number of hydrogen-bond donors (Lipinski definition) is 0. The maximum atomic E-state index is 12.9. The van der Waals surface area contributed by atoms with Crippen molar-refractivity contribution in [2.24, 2.45) is 34.5 Å². The summed E-state index contributed by atoms with van der Waals surface area (Å²) in [4.78, 5) is 51.3. The lowest BCUT2D eigenvalue weighted by atomic mass is 9.83. The summed E-state index contributed by atoms with van der Waals surface area (Å²) in [6.45, 7) is 20.2. The van der Waals surface area contributed by atoms with E-state index in [2.05, 4.69) is 27.7 Å². The van der Waals surface area contributed by atoms with Gasteiger partial charge in [-0.15, -0.1) is 0 Å². The molecule has 3 atom stereocenters. The molecule has 0 N–H and O–H groups in total. The number of carbonyl (C=O) groups is 4. The third kappa shape index (κ3) is 8.09. The third-order valence-corrected chi connectivity index (χ3v) is 7.31. The summed E-state index contributed by atoms with van der Waals surface area (Å²) in [6.07, 6.45) is 4.99. The van der Waals surface area contributed by atoms with Crippen LogP contribution in [0.15, 0.2) is 24.3 Å². The number of carbonyl (C=O) groups excluding carboxylic acids is 4. The molecule has 0 saturated heterocycles. The maximum Gasteiger partial charge on any atom is 0.262 e. The molecular formula is C32H49NO4. The first-order valence-corrected chi connectivity index (χ1v) is 14.0. The Morgan fingerprint density at radius 3 is 1.70 bits per heavy atom. The van der Waals surface area contributed by atoms with Gasteiger partial charge in [0.25, 0.3) is 11.8 Å². The number of fused-ring (bicyclic) bond motifs is 1. The summed E-state index contributed by atoms with van der Waals surface area (Å²) in [5.74, 6) is 2.01. The van der Waals surface area contributed by atoms with E-state index in [1.807, 2.05) is 41.5 Å². The van der Waals surface area contributed by atoms with Crippen molar-refractivity contribution in [3.8, 4) is 0 Å². The second kappa shape index (κ2) is 12.0. The lowest BCUT2D eigenvalue weighted by Gasteiger charge is -2.31. The molecular weight excluding hydrogens is 462 g/mol. The van der Waals surface area contributed by atoms with Gasteiger partial charge < -0.3 is 0 Å². The molecule has 3 rings (SSSR count). The van der Waals surface area contributed by atoms with Crippen molar-refractivity contribution >= 4 is 23.4 Å². The van der Waals surface area contributed by atoms with Gasteiger partial charge in [-0.2, -0.15) is 0 Å². The van der Waals surface area contributed by atoms with Crippen LogP contribution in [0.2, 0.25) is 0 Å². The van der Waals surface area contributed by atoms with E-state index < -0.39 is 11.5 Å². The highest BCUT2D eigenvalue weighted by Crippen LogP contribution is 2.46. The fourth-order valence-electron chi connectivity index (χ4n) is 4.85. The van der Waals surface area contributed by atoms with E-state index in [1.165, 1.54) is 17.7 Å². The number of ketones is 2. The monoisotopic (exact) mass is 511 g/mol. The van der Waals surface area contributed by atoms with Gasteiger partial charge in [0.15, 0.2) is 5.78 Å². The molecule has 2 amide bonds. The summed E-state index contributed by atoms with van der Waals surface area (Å²) in [5, 5.41) is 0. The Balaban J connectivity index is 0.000000294. The van der Waals surface area contributed by atoms with Crippen molar-refractivity contribution < 1.29 is 19.2 Å². The molecule has 1 aliphatic heterocycles. The molecule has 0 spiro atoms. The zero-order valence-corrected chi connectivity index (χ0v) is 24.8. The van der Waals surface area contributed by atoms with E-state index in [4.69, 9.17) is 0 Å². The minimum Gasteiger partial charge on any atom is -0.299 e. The van der Waals surface area contributed by atoms with E-state index >= 15 is 0 Å². The highest BCUT2D eigenvalue weighted by molar-refractivity contribution is 6.23. The highest BCUT2D eigenvalue weighted by atomic mass is 16.2. The summed E-state index contributed by atoms with van der Waals surface area (Å²) >= 11 is 0. The average Bonchev–Trinajstić information content (AvgIpc) is 3.52. The minimum absolute atomic E-state index is 0.0624. The van der Waals surface area contributed by atoms with Gasteiger partial charge in [-0.05, 0) is 55.6 Å². The van der Waals surface area contributed by atoms with Gasteiger partial charge >= 0.3 is 0 Å². The maximum absolute atomic E-state index is 12.9. The number of nitrogens with zero attached hydrogens (tertiary/aromatic N) is 1. The summed E-state index contributed by atoms with van der Waals surface area (Å²) in [5.41, 5.74) is 0.0660. The van der Waals surface area contributed by atoms with Crippen LogP contribution in [-0.2, 0) is 9.59 Å². The fourth-order valence-corrected chi connectivity index (χ4v) is 4.85. The molecule has 0 bridgehead atoms. The Morgan fingerprint density at radius 2 is 1.30 bits per heavy atom. The normalized spacial score (nSPS) is 20.1. The van der Waals surface area contributed by atoms with Crippen LogP contribution in [0.1, 0.15) is 122 Å². The molecule has 1 saturated carbocycles. The number of benzene rings is 1. The van der Waals surface area contributed by atoms with Crippen LogP contribution in [0.3, 0.4) is 0 Å².